The number of ether oxygens (including phenoxy) is 4. The SMILES string of the molecule is CCOC(=O)c1ccccc1OC1(F)OCC(NC(=O)C(C)(C)C)C(F)C1NC(=O)OC(C)(C)C. The van der Waals surface area contributed by atoms with Crippen molar-refractivity contribution in [1.82, 2.24) is 10.6 Å². The Morgan fingerprint density at radius 3 is 2.31 bits per heavy atom. The zero-order chi connectivity index (χ0) is 26.6. The fraction of sp³-hybridized carbons (Fsp3) is 0.625. The Balaban J connectivity index is 2.38. The minimum Gasteiger partial charge on any atom is -0.462 e. The number of esters is 1. The summed E-state index contributed by atoms with van der Waals surface area (Å²) in [5.74, 6) is -1.57. The zero-order valence-electron chi connectivity index (χ0n) is 21.1. The molecule has 0 aromatic heterocycles. The van der Waals surface area contributed by atoms with Crippen molar-refractivity contribution in [3.05, 3.63) is 29.8 Å². The van der Waals surface area contributed by atoms with Crippen molar-refractivity contribution in [3.63, 3.8) is 0 Å². The van der Waals surface area contributed by atoms with Gasteiger partial charge in [0.25, 0.3) is 0 Å². The Morgan fingerprint density at radius 1 is 1.11 bits per heavy atom. The Morgan fingerprint density at radius 2 is 1.74 bits per heavy atom. The van der Waals surface area contributed by atoms with Gasteiger partial charge in [-0.25, -0.2) is 14.0 Å². The maximum absolute atomic E-state index is 16.1. The van der Waals surface area contributed by atoms with Crippen LogP contribution in [0.2, 0.25) is 0 Å². The lowest BCUT2D eigenvalue weighted by molar-refractivity contribution is -0.317. The van der Waals surface area contributed by atoms with Crippen LogP contribution in [0.5, 0.6) is 5.75 Å². The topological polar surface area (TPSA) is 112 Å². The van der Waals surface area contributed by atoms with E-state index in [1.807, 2.05) is 0 Å². The van der Waals surface area contributed by atoms with Gasteiger partial charge in [-0.3, -0.25) is 4.79 Å². The van der Waals surface area contributed by atoms with E-state index in [0.29, 0.717) is 0 Å². The van der Waals surface area contributed by atoms with E-state index in [1.54, 1.807) is 48.5 Å². The average Bonchev–Trinajstić information content (AvgIpc) is 2.72. The van der Waals surface area contributed by atoms with Gasteiger partial charge in [0.15, 0.2) is 12.2 Å². The molecule has 9 nitrogen and oxygen atoms in total. The number of para-hydroxylation sites is 1. The van der Waals surface area contributed by atoms with Crippen molar-refractivity contribution in [2.75, 3.05) is 13.2 Å². The molecule has 11 heteroatoms. The van der Waals surface area contributed by atoms with Gasteiger partial charge in [-0.05, 0) is 39.8 Å². The fourth-order valence-electron chi connectivity index (χ4n) is 3.09. The van der Waals surface area contributed by atoms with E-state index >= 15 is 8.78 Å². The van der Waals surface area contributed by atoms with Gasteiger partial charge in [0.05, 0.1) is 19.3 Å². The van der Waals surface area contributed by atoms with Crippen LogP contribution in [0.4, 0.5) is 13.6 Å². The Hall–Kier alpha value is -2.95. The third-order valence-corrected chi connectivity index (χ3v) is 4.84. The van der Waals surface area contributed by atoms with Crippen LogP contribution >= 0.6 is 0 Å². The third-order valence-electron chi connectivity index (χ3n) is 4.84. The van der Waals surface area contributed by atoms with E-state index in [-0.39, 0.29) is 17.9 Å². The molecule has 0 aliphatic carbocycles. The quantitative estimate of drug-likeness (QED) is 0.574. The van der Waals surface area contributed by atoms with Crippen LogP contribution in [0, 0.1) is 5.41 Å². The number of nitrogens with one attached hydrogen (secondary N) is 2. The van der Waals surface area contributed by atoms with Crippen molar-refractivity contribution in [2.24, 2.45) is 5.41 Å². The molecule has 0 bridgehead atoms. The minimum absolute atomic E-state index is 0.0645. The molecule has 0 saturated carbocycles. The molecule has 4 atom stereocenters. The van der Waals surface area contributed by atoms with Crippen molar-refractivity contribution in [1.29, 1.82) is 0 Å². The highest BCUT2D eigenvalue weighted by atomic mass is 19.2. The van der Waals surface area contributed by atoms with E-state index < -0.39 is 59.9 Å². The maximum atomic E-state index is 16.1. The summed E-state index contributed by atoms with van der Waals surface area (Å²) in [6.45, 7) is 10.7. The maximum Gasteiger partial charge on any atom is 0.408 e. The summed E-state index contributed by atoms with van der Waals surface area (Å²) in [7, 11) is 0. The molecular formula is C24H34F2N2O7. The van der Waals surface area contributed by atoms with Crippen LogP contribution in [0.25, 0.3) is 0 Å². The molecule has 0 spiro atoms. The molecule has 1 heterocycles. The van der Waals surface area contributed by atoms with E-state index in [4.69, 9.17) is 18.9 Å². The van der Waals surface area contributed by atoms with Crippen molar-refractivity contribution in [3.8, 4) is 5.75 Å². The first kappa shape index (κ1) is 28.3. The van der Waals surface area contributed by atoms with E-state index in [0.717, 1.165) is 0 Å². The number of benzene rings is 1. The number of carbonyl (C=O) groups excluding carboxylic acids is 3. The summed E-state index contributed by atoms with van der Waals surface area (Å²) in [5, 5.41) is 4.60. The molecule has 35 heavy (non-hydrogen) atoms. The van der Waals surface area contributed by atoms with Crippen LogP contribution in [-0.4, -0.2) is 61.1 Å². The molecular weight excluding hydrogens is 466 g/mol. The highest BCUT2D eigenvalue weighted by Gasteiger charge is 2.57. The molecule has 1 fully saturated rings. The molecule has 2 amide bonds. The molecule has 1 aromatic rings. The van der Waals surface area contributed by atoms with Gasteiger partial charge in [-0.1, -0.05) is 32.9 Å². The third kappa shape index (κ3) is 7.51. The number of hydrogen-bond acceptors (Lipinski definition) is 7. The van der Waals surface area contributed by atoms with Crippen LogP contribution in [0.1, 0.15) is 58.8 Å². The van der Waals surface area contributed by atoms with Gasteiger partial charge < -0.3 is 29.6 Å². The summed E-state index contributed by atoms with van der Waals surface area (Å²) in [4.78, 5) is 37.1. The normalized spacial score (nSPS) is 24.8. The lowest BCUT2D eigenvalue weighted by Crippen LogP contribution is -2.69. The van der Waals surface area contributed by atoms with E-state index in [1.165, 1.54) is 24.3 Å². The average molecular weight is 501 g/mol. The monoisotopic (exact) mass is 500 g/mol. The number of rotatable bonds is 6. The predicted octanol–water partition coefficient (Wildman–Crippen LogP) is 3.66. The highest BCUT2D eigenvalue weighted by molar-refractivity contribution is 5.92. The number of halogens is 2. The first-order chi connectivity index (χ1) is 16.1. The van der Waals surface area contributed by atoms with E-state index in [2.05, 4.69) is 10.6 Å². The molecule has 1 aliphatic rings. The Bertz CT molecular complexity index is 929. The molecule has 2 rings (SSSR count). The highest BCUT2D eigenvalue weighted by Crippen LogP contribution is 2.34. The number of carbonyl (C=O) groups is 3. The van der Waals surface area contributed by atoms with Crippen LogP contribution < -0.4 is 15.4 Å². The van der Waals surface area contributed by atoms with Crippen LogP contribution in [-0.2, 0) is 19.0 Å². The zero-order valence-corrected chi connectivity index (χ0v) is 21.1. The molecule has 2 N–H and O–H groups in total. The summed E-state index contributed by atoms with van der Waals surface area (Å²) in [6.07, 6.45) is -3.30. The second-order valence-corrected chi connectivity index (χ2v) is 10.1. The molecule has 1 aromatic carbocycles. The lowest BCUT2D eigenvalue weighted by atomic mass is 9.93. The summed E-state index contributed by atoms with van der Waals surface area (Å²) >= 11 is 0. The van der Waals surface area contributed by atoms with Crippen molar-refractivity contribution >= 4 is 18.0 Å². The van der Waals surface area contributed by atoms with Gasteiger partial charge >= 0.3 is 18.1 Å². The molecule has 0 radical (unpaired) electrons. The van der Waals surface area contributed by atoms with Crippen LogP contribution in [0.15, 0.2) is 24.3 Å². The summed E-state index contributed by atoms with van der Waals surface area (Å²) in [5.41, 5.74) is -1.93. The predicted molar refractivity (Wildman–Crippen MR) is 122 cm³/mol. The Labute approximate surface area is 203 Å². The number of amides is 2. The summed E-state index contributed by atoms with van der Waals surface area (Å²) in [6, 6.07) is -1.00. The van der Waals surface area contributed by atoms with Crippen molar-refractivity contribution < 1.29 is 42.1 Å². The van der Waals surface area contributed by atoms with Crippen molar-refractivity contribution in [2.45, 2.75) is 78.4 Å². The van der Waals surface area contributed by atoms with Gasteiger partial charge in [0.2, 0.25) is 5.91 Å². The van der Waals surface area contributed by atoms with Gasteiger partial charge in [0, 0.05) is 5.41 Å². The van der Waals surface area contributed by atoms with E-state index in [9.17, 15) is 14.4 Å². The van der Waals surface area contributed by atoms with Gasteiger partial charge in [-0.15, -0.1) is 0 Å². The second kappa shape index (κ2) is 10.8. The molecule has 1 aliphatic heterocycles. The van der Waals surface area contributed by atoms with Gasteiger partial charge in [-0.2, -0.15) is 4.39 Å². The smallest absolute Gasteiger partial charge is 0.408 e. The second-order valence-electron chi connectivity index (χ2n) is 10.1. The molecule has 1 saturated heterocycles. The lowest BCUT2D eigenvalue weighted by Gasteiger charge is -2.43. The Kier molecular flexibility index (Phi) is 8.70. The number of alkyl carbamates (subject to hydrolysis) is 1. The molecule has 4 unspecified atom stereocenters. The number of alkyl halides is 2. The first-order valence-corrected chi connectivity index (χ1v) is 11.3. The number of hydrogen-bond donors (Lipinski definition) is 2. The molecule has 196 valence electrons. The first-order valence-electron chi connectivity index (χ1n) is 11.3. The largest absolute Gasteiger partial charge is 0.462 e. The summed E-state index contributed by atoms with van der Waals surface area (Å²) < 4.78 is 52.5. The standard InChI is InChI=1S/C24H34F2N2O7/c1-8-32-19(29)14-11-9-10-12-16(14)34-24(26)18(28-21(31)35-23(5,6)7)17(25)15(13-33-24)27-20(30)22(2,3)4/h9-12,15,17-18H,8,13H2,1-7H3,(H,27,30)(H,28,31). The van der Waals surface area contributed by atoms with Gasteiger partial charge in [0.1, 0.15) is 16.9 Å². The van der Waals surface area contributed by atoms with Crippen LogP contribution in [0.3, 0.4) is 0 Å². The fourth-order valence-corrected chi connectivity index (χ4v) is 3.09. The minimum atomic E-state index is -3.25.